The van der Waals surface area contributed by atoms with Crippen molar-refractivity contribution in [2.45, 2.75) is 6.92 Å². The van der Waals surface area contributed by atoms with Gasteiger partial charge in [0.1, 0.15) is 5.75 Å². The predicted octanol–water partition coefficient (Wildman–Crippen LogP) is 1.58. The summed E-state index contributed by atoms with van der Waals surface area (Å²) in [6.45, 7) is 1.77. The summed E-state index contributed by atoms with van der Waals surface area (Å²) in [5.41, 5.74) is 1.03. The van der Waals surface area contributed by atoms with Crippen LogP contribution in [0.3, 0.4) is 0 Å². The Morgan fingerprint density at radius 2 is 1.41 bits per heavy atom. The van der Waals surface area contributed by atoms with Crippen LogP contribution in [0.5, 0.6) is 5.75 Å². The van der Waals surface area contributed by atoms with E-state index in [0.29, 0.717) is 5.75 Å². The van der Waals surface area contributed by atoms with Gasteiger partial charge in [-0.15, -0.1) is 0 Å². The van der Waals surface area contributed by atoms with Gasteiger partial charge in [-0.05, 0) is 24.6 Å². The average molecular weight is 238 g/mol. The van der Waals surface area contributed by atoms with Crippen LogP contribution in [0.25, 0.3) is 0 Å². The minimum atomic E-state index is -0.608. The Morgan fingerprint density at radius 1 is 0.941 bits per heavy atom. The first kappa shape index (κ1) is 13.0. The maximum Gasteiger partial charge on any atom is 0.338 e. The van der Waals surface area contributed by atoms with Gasteiger partial charge in [0.25, 0.3) is 0 Å². The van der Waals surface area contributed by atoms with Gasteiger partial charge in [-0.3, -0.25) is 0 Å². The van der Waals surface area contributed by atoms with Crippen molar-refractivity contribution in [1.29, 1.82) is 0 Å². The van der Waals surface area contributed by atoms with Crippen LogP contribution in [0.4, 0.5) is 0 Å². The lowest BCUT2D eigenvalue weighted by molar-refractivity contribution is 0.0555. The van der Waals surface area contributed by atoms with Crippen LogP contribution in [0.15, 0.2) is 12.1 Å². The van der Waals surface area contributed by atoms with Crippen molar-refractivity contribution < 1.29 is 23.8 Å². The molecule has 0 heterocycles. The second kappa shape index (κ2) is 5.34. The van der Waals surface area contributed by atoms with E-state index >= 15 is 0 Å². The molecule has 0 aliphatic heterocycles. The summed E-state index contributed by atoms with van der Waals surface area (Å²) >= 11 is 0. The molecule has 92 valence electrons. The predicted molar refractivity (Wildman–Crippen MR) is 60.4 cm³/mol. The smallest absolute Gasteiger partial charge is 0.338 e. The zero-order valence-corrected chi connectivity index (χ0v) is 10.2. The second-order valence-electron chi connectivity index (χ2n) is 3.35. The molecule has 17 heavy (non-hydrogen) atoms. The van der Waals surface area contributed by atoms with E-state index in [9.17, 15) is 9.59 Å². The van der Waals surface area contributed by atoms with Gasteiger partial charge in [0.05, 0.1) is 32.5 Å². The van der Waals surface area contributed by atoms with Gasteiger partial charge in [0.15, 0.2) is 0 Å². The normalized spacial score (nSPS) is 9.65. The van der Waals surface area contributed by atoms with E-state index < -0.39 is 11.9 Å². The monoisotopic (exact) mass is 238 g/mol. The van der Waals surface area contributed by atoms with Crippen LogP contribution in [-0.4, -0.2) is 33.3 Å². The Labute approximate surface area is 99.3 Å². The molecule has 0 atom stereocenters. The highest BCUT2D eigenvalue weighted by molar-refractivity contribution is 6.03. The first-order chi connectivity index (χ1) is 8.04. The molecule has 1 rings (SSSR count). The summed E-state index contributed by atoms with van der Waals surface area (Å²) in [6, 6.07) is 3.00. The molecule has 0 bridgehead atoms. The van der Waals surface area contributed by atoms with E-state index in [1.807, 2.05) is 0 Å². The molecule has 1 aromatic carbocycles. The lowest BCUT2D eigenvalue weighted by Gasteiger charge is -2.11. The van der Waals surface area contributed by atoms with E-state index in [4.69, 9.17) is 4.74 Å². The van der Waals surface area contributed by atoms with Gasteiger partial charge in [0, 0.05) is 0 Å². The van der Waals surface area contributed by atoms with Crippen molar-refractivity contribution >= 4 is 11.9 Å². The van der Waals surface area contributed by atoms with Crippen LogP contribution < -0.4 is 4.74 Å². The number of benzene rings is 1. The molecular weight excluding hydrogens is 224 g/mol. The summed E-state index contributed by atoms with van der Waals surface area (Å²) in [7, 11) is 3.99. The van der Waals surface area contributed by atoms with Crippen LogP contribution in [0, 0.1) is 6.92 Å². The van der Waals surface area contributed by atoms with Gasteiger partial charge in [-0.2, -0.15) is 0 Å². The molecule has 1 aromatic rings. The first-order valence-corrected chi connectivity index (χ1v) is 4.90. The number of aryl methyl sites for hydroxylation is 1. The Kier molecular flexibility index (Phi) is 4.09. The molecule has 0 saturated carbocycles. The topological polar surface area (TPSA) is 61.8 Å². The largest absolute Gasteiger partial charge is 0.496 e. The SMILES string of the molecule is COC(=O)c1cc(C)c(OC)cc1C(=O)OC. The molecule has 0 aliphatic rings. The van der Waals surface area contributed by atoms with E-state index in [-0.39, 0.29) is 11.1 Å². The molecule has 0 radical (unpaired) electrons. The molecule has 0 saturated heterocycles. The lowest BCUT2D eigenvalue weighted by Crippen LogP contribution is -2.12. The van der Waals surface area contributed by atoms with E-state index in [1.54, 1.807) is 6.92 Å². The minimum absolute atomic E-state index is 0.127. The maximum atomic E-state index is 11.5. The molecule has 5 heteroatoms. The summed E-state index contributed by atoms with van der Waals surface area (Å²) in [6.07, 6.45) is 0. The lowest BCUT2D eigenvalue weighted by atomic mass is 10.0. The van der Waals surface area contributed by atoms with Crippen LogP contribution in [-0.2, 0) is 9.47 Å². The van der Waals surface area contributed by atoms with Gasteiger partial charge in [0.2, 0.25) is 0 Å². The fraction of sp³-hybridized carbons (Fsp3) is 0.333. The highest BCUT2D eigenvalue weighted by atomic mass is 16.5. The Bertz CT molecular complexity index is 450. The quantitative estimate of drug-likeness (QED) is 0.748. The molecule has 0 fully saturated rings. The van der Waals surface area contributed by atoms with Gasteiger partial charge >= 0.3 is 11.9 Å². The van der Waals surface area contributed by atoms with Crippen molar-refractivity contribution in [3.05, 3.63) is 28.8 Å². The third-order valence-corrected chi connectivity index (χ3v) is 2.35. The summed E-state index contributed by atoms with van der Waals surface area (Å²) in [5.74, 6) is -0.682. The molecule has 0 spiro atoms. The number of carbonyl (C=O) groups excluding carboxylic acids is 2. The molecule has 0 aliphatic carbocycles. The van der Waals surface area contributed by atoms with Crippen molar-refractivity contribution in [3.63, 3.8) is 0 Å². The zero-order valence-electron chi connectivity index (χ0n) is 10.2. The Balaban J connectivity index is 3.41. The van der Waals surface area contributed by atoms with E-state index in [1.165, 1.54) is 33.5 Å². The highest BCUT2D eigenvalue weighted by Crippen LogP contribution is 2.24. The van der Waals surface area contributed by atoms with Crippen molar-refractivity contribution in [1.82, 2.24) is 0 Å². The standard InChI is InChI=1S/C12H14O5/c1-7-5-8(11(13)16-3)9(12(14)17-4)6-10(7)15-2/h5-6H,1-4H3. The van der Waals surface area contributed by atoms with Gasteiger partial charge < -0.3 is 14.2 Å². The fourth-order valence-corrected chi connectivity index (χ4v) is 1.47. The zero-order chi connectivity index (χ0) is 13.0. The molecule has 0 amide bonds. The van der Waals surface area contributed by atoms with Gasteiger partial charge in [-0.25, -0.2) is 9.59 Å². The summed E-state index contributed by atoms with van der Waals surface area (Å²) in [5, 5.41) is 0. The third-order valence-electron chi connectivity index (χ3n) is 2.35. The molecule has 0 N–H and O–H groups in total. The van der Waals surface area contributed by atoms with E-state index in [2.05, 4.69) is 9.47 Å². The van der Waals surface area contributed by atoms with Crippen LogP contribution in [0.2, 0.25) is 0 Å². The highest BCUT2D eigenvalue weighted by Gasteiger charge is 2.20. The number of esters is 2. The summed E-state index contributed by atoms with van der Waals surface area (Å²) in [4.78, 5) is 23.1. The third kappa shape index (κ3) is 2.55. The van der Waals surface area contributed by atoms with Crippen molar-refractivity contribution in [2.24, 2.45) is 0 Å². The van der Waals surface area contributed by atoms with Crippen molar-refractivity contribution in [2.75, 3.05) is 21.3 Å². The number of carbonyl (C=O) groups is 2. The van der Waals surface area contributed by atoms with Crippen LogP contribution >= 0.6 is 0 Å². The summed E-state index contributed by atoms with van der Waals surface area (Å²) < 4.78 is 14.3. The maximum absolute atomic E-state index is 11.5. The number of rotatable bonds is 3. The van der Waals surface area contributed by atoms with Crippen LogP contribution in [0.1, 0.15) is 26.3 Å². The Morgan fingerprint density at radius 3 is 1.82 bits per heavy atom. The van der Waals surface area contributed by atoms with Gasteiger partial charge in [-0.1, -0.05) is 0 Å². The average Bonchev–Trinajstić information content (AvgIpc) is 2.36. The number of ether oxygens (including phenoxy) is 3. The Hall–Kier alpha value is -2.04. The van der Waals surface area contributed by atoms with E-state index in [0.717, 1.165) is 5.56 Å². The first-order valence-electron chi connectivity index (χ1n) is 4.90. The number of methoxy groups -OCH3 is 3. The molecule has 0 aromatic heterocycles. The fourth-order valence-electron chi connectivity index (χ4n) is 1.47. The second-order valence-corrected chi connectivity index (χ2v) is 3.35. The molecular formula is C12H14O5. The molecule has 0 unspecified atom stereocenters. The van der Waals surface area contributed by atoms with Crippen molar-refractivity contribution in [3.8, 4) is 5.75 Å². The molecule has 5 nitrogen and oxygen atoms in total. The number of hydrogen-bond acceptors (Lipinski definition) is 5. The number of hydrogen-bond donors (Lipinski definition) is 0. The minimum Gasteiger partial charge on any atom is -0.496 e.